The average molecular weight is 763 g/mol. The highest BCUT2D eigenvalue weighted by Gasteiger charge is 2.44. The molecule has 0 saturated carbocycles. The molecular formula is C30H24F10INO3. The number of amides is 1. The standard InChI is InChI=1S/C30H24F10INO3/c1-13(2)19-10-20(24(44-4)11-22(19)31)25-21(8-18(9-23(25)41)30(38,39)40)26-14(3)42(27(43)45-26)12-15-5-16(28(32,33)34)7-17(6-15)29(35,36)37/h5-11,13-14,26H,12H2,1-4H3/t14?,26-/m0/s1. The number of ether oxygens (including phenoxy) is 2. The van der Waals surface area contributed by atoms with Gasteiger partial charge in [0.2, 0.25) is 0 Å². The summed E-state index contributed by atoms with van der Waals surface area (Å²) in [7, 11) is 1.23. The van der Waals surface area contributed by atoms with Gasteiger partial charge in [0.1, 0.15) is 17.7 Å². The smallest absolute Gasteiger partial charge is 0.416 e. The number of alkyl halides is 9. The number of rotatable bonds is 6. The summed E-state index contributed by atoms with van der Waals surface area (Å²) in [6, 6.07) is 3.76. The number of halogens is 11. The Labute approximate surface area is 264 Å². The summed E-state index contributed by atoms with van der Waals surface area (Å²) in [5.41, 5.74) is -4.47. The molecule has 1 aliphatic heterocycles. The fourth-order valence-corrected chi connectivity index (χ4v) is 6.06. The molecule has 0 spiro atoms. The lowest BCUT2D eigenvalue weighted by atomic mass is 9.88. The molecule has 4 nitrogen and oxygen atoms in total. The lowest BCUT2D eigenvalue weighted by molar-refractivity contribution is -0.143. The molecule has 2 atom stereocenters. The predicted octanol–water partition coefficient (Wildman–Crippen LogP) is 10.4. The zero-order valence-electron chi connectivity index (χ0n) is 23.8. The maximum absolute atomic E-state index is 14.8. The largest absolute Gasteiger partial charge is 0.496 e. The van der Waals surface area contributed by atoms with Gasteiger partial charge in [-0.2, -0.15) is 39.5 Å². The van der Waals surface area contributed by atoms with Crippen molar-refractivity contribution >= 4 is 28.7 Å². The normalized spacial score (nSPS) is 17.7. The third-order valence-electron chi connectivity index (χ3n) is 7.36. The molecule has 0 radical (unpaired) electrons. The Morgan fingerprint density at radius 1 is 0.867 bits per heavy atom. The molecule has 0 bridgehead atoms. The topological polar surface area (TPSA) is 38.8 Å². The molecule has 1 unspecified atom stereocenters. The molecule has 1 aliphatic rings. The second kappa shape index (κ2) is 12.2. The molecule has 0 aromatic heterocycles. The SMILES string of the molecule is COc1cc(F)c(C(C)C)cc1-c1c(I)cc(C(F)(F)F)cc1[C@H]1OC(=O)N(Cc2cc(C(F)(F)F)cc(C(F)(F)F)c2)C1C. The molecule has 1 heterocycles. The van der Waals surface area contributed by atoms with Gasteiger partial charge in [0.15, 0.2) is 0 Å². The van der Waals surface area contributed by atoms with E-state index in [1.165, 1.54) is 20.1 Å². The molecule has 1 amide bonds. The van der Waals surface area contributed by atoms with Gasteiger partial charge in [-0.3, -0.25) is 4.90 Å². The van der Waals surface area contributed by atoms with Gasteiger partial charge in [-0.1, -0.05) is 13.8 Å². The summed E-state index contributed by atoms with van der Waals surface area (Å²) in [5, 5.41) is 0. The fraction of sp³-hybridized carbons (Fsp3) is 0.367. The van der Waals surface area contributed by atoms with E-state index in [2.05, 4.69) is 0 Å². The van der Waals surface area contributed by atoms with Gasteiger partial charge < -0.3 is 9.47 Å². The first-order valence-electron chi connectivity index (χ1n) is 13.2. The number of hydrogen-bond acceptors (Lipinski definition) is 3. The van der Waals surface area contributed by atoms with Crippen LogP contribution in [0.5, 0.6) is 5.75 Å². The van der Waals surface area contributed by atoms with Gasteiger partial charge in [-0.15, -0.1) is 0 Å². The summed E-state index contributed by atoms with van der Waals surface area (Å²) in [6.07, 6.45) is -17.8. The van der Waals surface area contributed by atoms with Crippen molar-refractivity contribution in [1.82, 2.24) is 4.90 Å². The Bertz CT molecular complexity index is 1580. The Morgan fingerprint density at radius 2 is 1.40 bits per heavy atom. The molecular weight excluding hydrogens is 739 g/mol. The zero-order chi connectivity index (χ0) is 33.8. The summed E-state index contributed by atoms with van der Waals surface area (Å²) in [5.74, 6) is -1.01. The lowest BCUT2D eigenvalue weighted by Crippen LogP contribution is -2.32. The molecule has 15 heteroatoms. The number of carbonyl (C=O) groups excluding carboxylic acids is 1. The minimum absolute atomic E-state index is 0.0337. The summed E-state index contributed by atoms with van der Waals surface area (Å²) in [4.78, 5) is 13.9. The van der Waals surface area contributed by atoms with E-state index in [1.807, 2.05) is 0 Å². The maximum Gasteiger partial charge on any atom is 0.416 e. The Morgan fingerprint density at radius 3 is 1.89 bits per heavy atom. The number of hydrogen-bond donors (Lipinski definition) is 0. The van der Waals surface area contributed by atoms with E-state index in [-0.39, 0.29) is 43.6 Å². The molecule has 0 N–H and O–H groups in total. The van der Waals surface area contributed by atoms with E-state index in [0.717, 1.165) is 23.1 Å². The van der Waals surface area contributed by atoms with Gasteiger partial charge in [0.25, 0.3) is 0 Å². The first kappa shape index (κ1) is 34.6. The van der Waals surface area contributed by atoms with Crippen molar-refractivity contribution in [2.75, 3.05) is 7.11 Å². The summed E-state index contributed by atoms with van der Waals surface area (Å²) >= 11 is 1.65. The van der Waals surface area contributed by atoms with Gasteiger partial charge >= 0.3 is 24.6 Å². The van der Waals surface area contributed by atoms with Crippen molar-refractivity contribution in [2.45, 2.75) is 63.9 Å². The molecule has 1 saturated heterocycles. The minimum Gasteiger partial charge on any atom is -0.496 e. The lowest BCUT2D eigenvalue weighted by Gasteiger charge is -2.25. The highest BCUT2D eigenvalue weighted by atomic mass is 127. The first-order valence-corrected chi connectivity index (χ1v) is 14.2. The molecule has 244 valence electrons. The highest BCUT2D eigenvalue weighted by molar-refractivity contribution is 14.1. The van der Waals surface area contributed by atoms with Crippen LogP contribution >= 0.6 is 22.6 Å². The van der Waals surface area contributed by atoms with Crippen molar-refractivity contribution in [3.05, 3.63) is 85.2 Å². The average Bonchev–Trinajstić information content (AvgIpc) is 3.19. The summed E-state index contributed by atoms with van der Waals surface area (Å²) < 4.78 is 148. The number of carbonyl (C=O) groups is 1. The van der Waals surface area contributed by atoms with Crippen molar-refractivity contribution < 1.29 is 58.2 Å². The maximum atomic E-state index is 14.8. The van der Waals surface area contributed by atoms with Crippen LogP contribution in [0.15, 0.2) is 42.5 Å². The Hall–Kier alpha value is -3.24. The summed E-state index contributed by atoms with van der Waals surface area (Å²) in [6.45, 7) is 3.96. The second-order valence-electron chi connectivity index (χ2n) is 10.7. The zero-order valence-corrected chi connectivity index (χ0v) is 26.0. The minimum atomic E-state index is -5.14. The molecule has 0 aliphatic carbocycles. The van der Waals surface area contributed by atoms with Gasteiger partial charge in [-0.05, 0) is 83.0 Å². The van der Waals surface area contributed by atoms with Crippen LogP contribution in [0.3, 0.4) is 0 Å². The van der Waals surface area contributed by atoms with Gasteiger partial charge in [0, 0.05) is 32.9 Å². The monoisotopic (exact) mass is 763 g/mol. The first-order chi connectivity index (χ1) is 20.6. The molecule has 3 aromatic carbocycles. The quantitative estimate of drug-likeness (QED) is 0.185. The number of methoxy groups -OCH3 is 1. The fourth-order valence-electron chi connectivity index (χ4n) is 5.12. The second-order valence-corrected chi connectivity index (χ2v) is 11.9. The van der Waals surface area contributed by atoms with Gasteiger partial charge in [0.05, 0.1) is 29.8 Å². The molecule has 1 fully saturated rings. The van der Waals surface area contributed by atoms with Crippen LogP contribution in [0.1, 0.15) is 66.2 Å². The Balaban J connectivity index is 1.87. The van der Waals surface area contributed by atoms with Crippen molar-refractivity contribution in [2.24, 2.45) is 0 Å². The molecule has 45 heavy (non-hydrogen) atoms. The van der Waals surface area contributed by atoms with E-state index in [9.17, 15) is 48.7 Å². The van der Waals surface area contributed by atoms with E-state index in [1.54, 1.807) is 36.4 Å². The van der Waals surface area contributed by atoms with Crippen LogP contribution in [0, 0.1) is 9.39 Å². The van der Waals surface area contributed by atoms with Gasteiger partial charge in [-0.25, -0.2) is 9.18 Å². The molecule has 3 aromatic rings. The number of cyclic esters (lactones) is 1. The van der Waals surface area contributed by atoms with Crippen LogP contribution < -0.4 is 4.74 Å². The number of benzene rings is 3. The third-order valence-corrected chi connectivity index (χ3v) is 8.21. The molecule has 4 rings (SSSR count). The highest BCUT2D eigenvalue weighted by Crippen LogP contribution is 2.47. The van der Waals surface area contributed by atoms with E-state index in [4.69, 9.17) is 9.47 Å². The van der Waals surface area contributed by atoms with E-state index < -0.39 is 71.4 Å². The van der Waals surface area contributed by atoms with Crippen LogP contribution in [-0.2, 0) is 29.8 Å². The van der Waals surface area contributed by atoms with E-state index >= 15 is 0 Å². The van der Waals surface area contributed by atoms with Crippen LogP contribution in [0.2, 0.25) is 0 Å². The van der Waals surface area contributed by atoms with Crippen molar-refractivity contribution in [3.8, 4) is 16.9 Å². The van der Waals surface area contributed by atoms with E-state index in [0.29, 0.717) is 12.1 Å². The van der Waals surface area contributed by atoms with Crippen LogP contribution in [0.4, 0.5) is 48.7 Å². The van der Waals surface area contributed by atoms with Crippen molar-refractivity contribution in [3.63, 3.8) is 0 Å². The van der Waals surface area contributed by atoms with Crippen molar-refractivity contribution in [1.29, 1.82) is 0 Å². The van der Waals surface area contributed by atoms with Crippen LogP contribution in [0.25, 0.3) is 11.1 Å². The predicted molar refractivity (Wildman–Crippen MR) is 151 cm³/mol. The number of nitrogens with zero attached hydrogens (tertiary/aromatic N) is 1. The van der Waals surface area contributed by atoms with Crippen LogP contribution in [-0.4, -0.2) is 24.1 Å². The third kappa shape index (κ3) is 7.12. The Kier molecular flexibility index (Phi) is 9.37.